The van der Waals surface area contributed by atoms with Gasteiger partial charge in [0.1, 0.15) is 4.90 Å². The standard InChI is InChI=1S/C12H21N3O2S/c1-4-12(2,3)8-15-9-6-5-7-10(11(9)13)18(14,16)17/h5-7,15H,4,8,13H2,1-3H3,(H2,14,16,17). The first kappa shape index (κ1) is 14.8. The Morgan fingerprint density at radius 3 is 2.44 bits per heavy atom. The summed E-state index contributed by atoms with van der Waals surface area (Å²) in [6.07, 6.45) is 1.01. The lowest BCUT2D eigenvalue weighted by atomic mass is 9.90. The topological polar surface area (TPSA) is 98.2 Å². The number of nitrogen functional groups attached to an aromatic ring is 1. The molecule has 0 fully saturated rings. The molecule has 0 saturated carbocycles. The molecule has 102 valence electrons. The lowest BCUT2D eigenvalue weighted by Gasteiger charge is -2.24. The number of rotatable bonds is 5. The van der Waals surface area contributed by atoms with Crippen LogP contribution in [0.4, 0.5) is 11.4 Å². The van der Waals surface area contributed by atoms with Gasteiger partial charge in [0.25, 0.3) is 0 Å². The summed E-state index contributed by atoms with van der Waals surface area (Å²) in [4.78, 5) is -0.0400. The van der Waals surface area contributed by atoms with Crippen LogP contribution in [0.25, 0.3) is 0 Å². The monoisotopic (exact) mass is 271 g/mol. The number of hydrogen-bond donors (Lipinski definition) is 3. The van der Waals surface area contributed by atoms with Crippen molar-refractivity contribution in [2.75, 3.05) is 17.6 Å². The van der Waals surface area contributed by atoms with E-state index in [1.165, 1.54) is 6.07 Å². The van der Waals surface area contributed by atoms with Crippen LogP contribution in [0, 0.1) is 5.41 Å². The van der Waals surface area contributed by atoms with Crippen LogP contribution in [0.1, 0.15) is 27.2 Å². The number of hydrogen-bond acceptors (Lipinski definition) is 4. The molecule has 0 aliphatic carbocycles. The van der Waals surface area contributed by atoms with E-state index in [1.54, 1.807) is 12.1 Å². The smallest absolute Gasteiger partial charge is 0.240 e. The Labute approximate surface area is 109 Å². The van der Waals surface area contributed by atoms with Crippen LogP contribution in [0.2, 0.25) is 0 Å². The van der Waals surface area contributed by atoms with E-state index in [9.17, 15) is 8.42 Å². The van der Waals surface area contributed by atoms with Crippen molar-refractivity contribution < 1.29 is 8.42 Å². The molecular weight excluding hydrogens is 250 g/mol. The fourth-order valence-electron chi connectivity index (χ4n) is 1.41. The van der Waals surface area contributed by atoms with E-state index in [2.05, 4.69) is 26.1 Å². The summed E-state index contributed by atoms with van der Waals surface area (Å²) in [5.74, 6) is 0. The van der Waals surface area contributed by atoms with Crippen molar-refractivity contribution in [1.82, 2.24) is 0 Å². The fourth-order valence-corrected chi connectivity index (χ4v) is 2.09. The molecule has 0 heterocycles. The van der Waals surface area contributed by atoms with Crippen molar-refractivity contribution in [3.8, 4) is 0 Å². The van der Waals surface area contributed by atoms with Crippen LogP contribution in [0.3, 0.4) is 0 Å². The second-order valence-electron chi connectivity index (χ2n) is 5.13. The predicted molar refractivity (Wildman–Crippen MR) is 74.8 cm³/mol. The van der Waals surface area contributed by atoms with E-state index in [4.69, 9.17) is 10.9 Å². The zero-order chi connectivity index (χ0) is 14.0. The van der Waals surface area contributed by atoms with E-state index in [0.717, 1.165) is 6.42 Å². The Morgan fingerprint density at radius 1 is 1.33 bits per heavy atom. The van der Waals surface area contributed by atoms with Crippen molar-refractivity contribution in [3.05, 3.63) is 18.2 Å². The van der Waals surface area contributed by atoms with Gasteiger partial charge in [-0.05, 0) is 24.0 Å². The van der Waals surface area contributed by atoms with E-state index in [-0.39, 0.29) is 16.0 Å². The van der Waals surface area contributed by atoms with Crippen molar-refractivity contribution in [2.45, 2.75) is 32.1 Å². The molecule has 0 unspecified atom stereocenters. The number of anilines is 2. The highest BCUT2D eigenvalue weighted by molar-refractivity contribution is 7.89. The van der Waals surface area contributed by atoms with E-state index in [1.807, 2.05) is 0 Å². The number of sulfonamides is 1. The molecule has 0 aliphatic heterocycles. The maximum absolute atomic E-state index is 11.3. The molecule has 1 rings (SSSR count). The molecule has 0 saturated heterocycles. The largest absolute Gasteiger partial charge is 0.396 e. The average molecular weight is 271 g/mol. The number of nitrogens with two attached hydrogens (primary N) is 2. The minimum atomic E-state index is -3.78. The Hall–Kier alpha value is -1.27. The first-order chi connectivity index (χ1) is 8.17. The molecule has 6 heteroatoms. The molecule has 5 N–H and O–H groups in total. The van der Waals surface area contributed by atoms with Crippen LogP contribution in [0.5, 0.6) is 0 Å². The number of primary sulfonamides is 1. The quantitative estimate of drug-likeness (QED) is 0.711. The molecule has 0 bridgehead atoms. The zero-order valence-corrected chi connectivity index (χ0v) is 11.8. The van der Waals surface area contributed by atoms with E-state index in [0.29, 0.717) is 12.2 Å². The van der Waals surface area contributed by atoms with Crippen molar-refractivity contribution in [2.24, 2.45) is 10.6 Å². The van der Waals surface area contributed by atoms with Crippen molar-refractivity contribution in [3.63, 3.8) is 0 Å². The van der Waals surface area contributed by atoms with Crippen molar-refractivity contribution in [1.29, 1.82) is 0 Å². The van der Waals surface area contributed by atoms with Crippen molar-refractivity contribution >= 4 is 21.4 Å². The third-order valence-electron chi connectivity index (χ3n) is 3.09. The highest BCUT2D eigenvalue weighted by atomic mass is 32.2. The molecule has 0 aromatic heterocycles. The summed E-state index contributed by atoms with van der Waals surface area (Å²) in [6, 6.07) is 4.77. The molecule has 0 spiro atoms. The normalized spacial score (nSPS) is 12.4. The van der Waals surface area contributed by atoms with Gasteiger partial charge in [-0.2, -0.15) is 0 Å². The summed E-state index contributed by atoms with van der Waals surface area (Å²) in [5, 5.41) is 8.27. The second kappa shape index (κ2) is 5.16. The lowest BCUT2D eigenvalue weighted by molar-refractivity contribution is 0.377. The van der Waals surface area contributed by atoms with E-state index < -0.39 is 10.0 Å². The molecule has 0 radical (unpaired) electrons. The van der Waals surface area contributed by atoms with Gasteiger partial charge < -0.3 is 11.1 Å². The van der Waals surface area contributed by atoms with E-state index >= 15 is 0 Å². The Bertz CT molecular complexity index is 524. The first-order valence-corrected chi connectivity index (χ1v) is 7.37. The molecule has 0 atom stereocenters. The summed E-state index contributed by atoms with van der Waals surface area (Å²) in [7, 11) is -3.78. The molecule has 1 aromatic rings. The maximum atomic E-state index is 11.3. The van der Waals surface area contributed by atoms with Crippen LogP contribution >= 0.6 is 0 Å². The van der Waals surface area contributed by atoms with Crippen LogP contribution in [-0.2, 0) is 10.0 Å². The van der Waals surface area contributed by atoms with Crippen LogP contribution < -0.4 is 16.2 Å². The second-order valence-corrected chi connectivity index (χ2v) is 6.66. The summed E-state index contributed by atoms with van der Waals surface area (Å²) in [5.41, 5.74) is 6.71. The van der Waals surface area contributed by atoms with Gasteiger partial charge in [0.05, 0.1) is 11.4 Å². The minimum absolute atomic E-state index is 0.0400. The van der Waals surface area contributed by atoms with Gasteiger partial charge in [-0.25, -0.2) is 13.6 Å². The zero-order valence-electron chi connectivity index (χ0n) is 11.0. The average Bonchev–Trinajstić information content (AvgIpc) is 2.26. The molecule has 0 aliphatic rings. The number of para-hydroxylation sites is 1. The Kier molecular flexibility index (Phi) is 4.24. The van der Waals surface area contributed by atoms with Gasteiger partial charge >= 0.3 is 0 Å². The van der Waals surface area contributed by atoms with Crippen LogP contribution in [0.15, 0.2) is 23.1 Å². The molecule has 18 heavy (non-hydrogen) atoms. The molecular formula is C12H21N3O2S. The summed E-state index contributed by atoms with van der Waals surface area (Å²) >= 11 is 0. The third-order valence-corrected chi connectivity index (χ3v) is 4.06. The van der Waals surface area contributed by atoms with Gasteiger partial charge in [0.15, 0.2) is 0 Å². The highest BCUT2D eigenvalue weighted by Crippen LogP contribution is 2.27. The Balaban J connectivity index is 2.99. The first-order valence-electron chi connectivity index (χ1n) is 5.82. The number of nitrogens with one attached hydrogen (secondary N) is 1. The van der Waals surface area contributed by atoms with Gasteiger partial charge in [-0.3, -0.25) is 0 Å². The Morgan fingerprint density at radius 2 is 1.94 bits per heavy atom. The fraction of sp³-hybridized carbons (Fsp3) is 0.500. The molecule has 0 amide bonds. The lowest BCUT2D eigenvalue weighted by Crippen LogP contribution is -2.23. The summed E-state index contributed by atoms with van der Waals surface area (Å²) < 4.78 is 22.7. The number of benzene rings is 1. The molecule has 5 nitrogen and oxygen atoms in total. The van der Waals surface area contributed by atoms with Gasteiger partial charge in [0.2, 0.25) is 10.0 Å². The predicted octanol–water partition coefficient (Wildman–Crippen LogP) is 1.76. The summed E-state index contributed by atoms with van der Waals surface area (Å²) in [6.45, 7) is 7.06. The van der Waals surface area contributed by atoms with Gasteiger partial charge in [-0.15, -0.1) is 0 Å². The third kappa shape index (κ3) is 3.61. The highest BCUT2D eigenvalue weighted by Gasteiger charge is 2.18. The van der Waals surface area contributed by atoms with Gasteiger partial charge in [0, 0.05) is 6.54 Å². The van der Waals surface area contributed by atoms with Crippen LogP contribution in [-0.4, -0.2) is 15.0 Å². The van der Waals surface area contributed by atoms with Gasteiger partial charge in [-0.1, -0.05) is 26.8 Å². The SMILES string of the molecule is CCC(C)(C)CNc1cccc(S(N)(=O)=O)c1N. The molecule has 1 aromatic carbocycles. The minimum Gasteiger partial charge on any atom is -0.396 e. The maximum Gasteiger partial charge on any atom is 0.240 e.